The Hall–Kier alpha value is -3.50. The Morgan fingerprint density at radius 2 is 1.62 bits per heavy atom. The first kappa shape index (κ1) is 23.9. The molecule has 3 fully saturated rings. The molecule has 3 saturated heterocycles. The topological polar surface area (TPSA) is 45.2 Å². The average molecular weight is 490 g/mol. The summed E-state index contributed by atoms with van der Waals surface area (Å²) in [5, 5.41) is 4.73. The molecule has 0 aliphatic carbocycles. The number of benzene rings is 3. The number of nitrogens with one attached hydrogen (secondary N) is 1. The van der Waals surface area contributed by atoms with E-state index >= 15 is 0 Å². The summed E-state index contributed by atoms with van der Waals surface area (Å²) in [6.07, 6.45) is 5.52. The predicted molar refractivity (Wildman–Crippen MR) is 149 cm³/mol. The molecule has 0 spiro atoms. The monoisotopic (exact) mass is 489 g/mol. The lowest BCUT2D eigenvalue weighted by Crippen LogP contribution is -2.58. The molecule has 0 radical (unpaired) electrons. The van der Waals surface area contributed by atoms with E-state index in [1.807, 2.05) is 48.7 Å². The molecule has 3 aromatic carbocycles. The molecule has 1 aromatic heterocycles. The lowest BCUT2D eigenvalue weighted by atomic mass is 9.72. The number of aromatic nitrogens is 1. The highest BCUT2D eigenvalue weighted by Gasteiger charge is 2.44. The minimum absolute atomic E-state index is 0.0537. The van der Waals surface area contributed by atoms with Crippen molar-refractivity contribution in [3.8, 4) is 0 Å². The van der Waals surface area contributed by atoms with Crippen molar-refractivity contribution >= 4 is 16.8 Å². The molecule has 0 saturated carbocycles. The average Bonchev–Trinajstić information content (AvgIpc) is 2.97. The van der Waals surface area contributed by atoms with E-state index in [0.29, 0.717) is 0 Å². The normalized spacial score (nSPS) is 23.7. The third-order valence-corrected chi connectivity index (χ3v) is 8.69. The van der Waals surface area contributed by atoms with Gasteiger partial charge in [-0.05, 0) is 60.0 Å². The van der Waals surface area contributed by atoms with E-state index in [9.17, 15) is 4.79 Å². The first-order valence-corrected chi connectivity index (χ1v) is 13.7. The van der Waals surface area contributed by atoms with E-state index in [1.165, 1.54) is 18.4 Å². The van der Waals surface area contributed by atoms with Gasteiger partial charge in [0.1, 0.15) is 0 Å². The van der Waals surface area contributed by atoms with Gasteiger partial charge in [-0.15, -0.1) is 0 Å². The molecular formula is C33H35N3O. The van der Waals surface area contributed by atoms with Gasteiger partial charge in [0.05, 0.1) is 17.5 Å². The van der Waals surface area contributed by atoms with Crippen LogP contribution in [0.1, 0.15) is 54.8 Å². The molecule has 37 heavy (non-hydrogen) atoms. The Kier molecular flexibility index (Phi) is 6.75. The van der Waals surface area contributed by atoms with Crippen molar-refractivity contribution in [1.82, 2.24) is 15.2 Å². The van der Waals surface area contributed by atoms with Crippen LogP contribution in [-0.4, -0.2) is 34.9 Å². The summed E-state index contributed by atoms with van der Waals surface area (Å²) in [6.45, 7) is 4.56. The summed E-state index contributed by atoms with van der Waals surface area (Å²) < 4.78 is 0. The standard InChI is InChI=1S/C33H35N3O/c1-2-23-22-36-20-18-26(23)21-30(36)32(28-17-19-34-29-16-10-9-15-27(28)29)35-33(37)31(24-11-5-3-6-12-24)25-13-7-4-8-14-25/h3-17,19,23,26,30-32H,2,18,20-22H2,1H3,(H,35,37). The molecule has 2 bridgehead atoms. The van der Waals surface area contributed by atoms with Crippen LogP contribution in [0.4, 0.5) is 0 Å². The summed E-state index contributed by atoms with van der Waals surface area (Å²) in [6, 6.07) is 30.9. The van der Waals surface area contributed by atoms with Gasteiger partial charge in [-0.3, -0.25) is 14.7 Å². The Morgan fingerprint density at radius 3 is 2.27 bits per heavy atom. The third kappa shape index (κ3) is 4.67. The maximum absolute atomic E-state index is 14.3. The molecule has 188 valence electrons. The molecule has 4 heteroatoms. The van der Waals surface area contributed by atoms with Gasteiger partial charge in [-0.1, -0.05) is 92.2 Å². The number of pyridine rings is 1. The van der Waals surface area contributed by atoms with Crippen molar-refractivity contribution in [2.45, 2.75) is 44.2 Å². The maximum atomic E-state index is 14.3. The fourth-order valence-electron chi connectivity index (χ4n) is 6.78. The first-order valence-electron chi connectivity index (χ1n) is 13.7. The Morgan fingerprint density at radius 1 is 0.946 bits per heavy atom. The molecule has 5 unspecified atom stereocenters. The molecule has 4 aromatic rings. The van der Waals surface area contributed by atoms with Gasteiger partial charge in [0.15, 0.2) is 0 Å². The zero-order chi connectivity index (χ0) is 25.2. The number of hydrogen-bond acceptors (Lipinski definition) is 3. The molecule has 1 amide bonds. The number of piperidine rings is 3. The van der Waals surface area contributed by atoms with Crippen molar-refractivity contribution in [3.63, 3.8) is 0 Å². The van der Waals surface area contributed by atoms with Crippen molar-refractivity contribution in [1.29, 1.82) is 0 Å². The van der Waals surface area contributed by atoms with Gasteiger partial charge in [-0.25, -0.2) is 0 Å². The maximum Gasteiger partial charge on any atom is 0.232 e. The number of fused-ring (bicyclic) bond motifs is 4. The van der Waals surface area contributed by atoms with Crippen molar-refractivity contribution in [2.75, 3.05) is 13.1 Å². The highest BCUT2D eigenvalue weighted by Crippen LogP contribution is 2.43. The van der Waals surface area contributed by atoms with Gasteiger partial charge in [0.25, 0.3) is 0 Å². The Balaban J connectivity index is 1.41. The van der Waals surface area contributed by atoms with Crippen LogP contribution in [0, 0.1) is 11.8 Å². The van der Waals surface area contributed by atoms with Crippen LogP contribution in [0.15, 0.2) is 97.2 Å². The largest absolute Gasteiger partial charge is 0.347 e. The Labute approximate surface area is 219 Å². The van der Waals surface area contributed by atoms with E-state index in [-0.39, 0.29) is 23.9 Å². The quantitative estimate of drug-likeness (QED) is 0.329. The number of amides is 1. The van der Waals surface area contributed by atoms with Crippen LogP contribution in [-0.2, 0) is 4.79 Å². The van der Waals surface area contributed by atoms with E-state index in [2.05, 4.69) is 70.7 Å². The second-order valence-corrected chi connectivity index (χ2v) is 10.7. The first-order chi connectivity index (χ1) is 18.2. The van der Waals surface area contributed by atoms with Gasteiger partial charge in [0.2, 0.25) is 5.91 Å². The zero-order valence-electron chi connectivity index (χ0n) is 21.5. The van der Waals surface area contributed by atoms with Gasteiger partial charge >= 0.3 is 0 Å². The number of hydrogen-bond donors (Lipinski definition) is 1. The summed E-state index contributed by atoms with van der Waals surface area (Å²) in [5.41, 5.74) is 4.18. The van der Waals surface area contributed by atoms with Gasteiger partial charge in [0, 0.05) is 24.2 Å². The van der Waals surface area contributed by atoms with Crippen LogP contribution < -0.4 is 5.32 Å². The Bertz CT molecular complexity index is 1310. The number of para-hydroxylation sites is 1. The molecular weight excluding hydrogens is 454 g/mol. The predicted octanol–water partition coefficient (Wildman–Crippen LogP) is 6.34. The minimum atomic E-state index is -0.364. The smallest absolute Gasteiger partial charge is 0.232 e. The SMILES string of the molecule is CCC1CN2CCC1CC2C(NC(=O)C(c1ccccc1)c1ccccc1)c1ccnc2ccccc12. The fourth-order valence-corrected chi connectivity index (χ4v) is 6.78. The summed E-state index contributed by atoms with van der Waals surface area (Å²) in [5.74, 6) is 1.18. The molecule has 5 atom stereocenters. The van der Waals surface area contributed by atoms with E-state index in [0.717, 1.165) is 53.4 Å². The number of rotatable bonds is 7. The van der Waals surface area contributed by atoms with Crippen LogP contribution in [0.3, 0.4) is 0 Å². The van der Waals surface area contributed by atoms with Crippen molar-refractivity contribution in [3.05, 3.63) is 114 Å². The lowest BCUT2D eigenvalue weighted by Gasteiger charge is -2.52. The highest BCUT2D eigenvalue weighted by atomic mass is 16.2. The molecule has 7 rings (SSSR count). The lowest BCUT2D eigenvalue weighted by molar-refractivity contribution is -0.123. The number of carbonyl (C=O) groups is 1. The van der Waals surface area contributed by atoms with Crippen LogP contribution in [0.2, 0.25) is 0 Å². The van der Waals surface area contributed by atoms with Crippen molar-refractivity contribution < 1.29 is 4.79 Å². The summed E-state index contributed by atoms with van der Waals surface area (Å²) >= 11 is 0. The number of carbonyl (C=O) groups excluding carboxylic acids is 1. The van der Waals surface area contributed by atoms with Gasteiger partial charge in [-0.2, -0.15) is 0 Å². The van der Waals surface area contributed by atoms with Gasteiger partial charge < -0.3 is 5.32 Å². The van der Waals surface area contributed by atoms with Crippen LogP contribution in [0.25, 0.3) is 10.9 Å². The minimum Gasteiger partial charge on any atom is -0.347 e. The van der Waals surface area contributed by atoms with E-state index in [4.69, 9.17) is 0 Å². The van der Waals surface area contributed by atoms with E-state index < -0.39 is 0 Å². The highest BCUT2D eigenvalue weighted by molar-refractivity contribution is 5.89. The molecule has 3 aliphatic heterocycles. The fraction of sp³-hybridized carbons (Fsp3) is 0.333. The summed E-state index contributed by atoms with van der Waals surface area (Å²) in [4.78, 5) is 21.6. The number of nitrogens with zero attached hydrogens (tertiary/aromatic N) is 2. The van der Waals surface area contributed by atoms with E-state index in [1.54, 1.807) is 0 Å². The van der Waals surface area contributed by atoms with Crippen LogP contribution in [0.5, 0.6) is 0 Å². The molecule has 4 heterocycles. The summed E-state index contributed by atoms with van der Waals surface area (Å²) in [7, 11) is 0. The third-order valence-electron chi connectivity index (χ3n) is 8.69. The molecule has 1 N–H and O–H groups in total. The zero-order valence-corrected chi connectivity index (χ0v) is 21.5. The van der Waals surface area contributed by atoms with Crippen molar-refractivity contribution in [2.24, 2.45) is 11.8 Å². The molecule has 4 nitrogen and oxygen atoms in total. The molecule has 3 aliphatic rings. The van der Waals surface area contributed by atoms with Crippen LogP contribution >= 0.6 is 0 Å². The second kappa shape index (κ2) is 10.5. The second-order valence-electron chi connectivity index (χ2n) is 10.7.